The van der Waals surface area contributed by atoms with Crippen LogP contribution < -0.4 is 10.1 Å². The van der Waals surface area contributed by atoms with E-state index in [1.165, 1.54) is 4.90 Å². The molecule has 1 N–H and O–H groups in total. The number of nitro benzene ring substituents is 1. The van der Waals surface area contributed by atoms with E-state index < -0.39 is 29.3 Å². The molecule has 144 valence electrons. The second kappa shape index (κ2) is 8.35. The smallest absolute Gasteiger partial charge is 0.422 e. The van der Waals surface area contributed by atoms with Crippen molar-refractivity contribution < 1.29 is 27.6 Å². The number of carbonyl (C=O) groups excluding carboxylic acids is 1. The molecule has 0 radical (unpaired) electrons. The predicted octanol–water partition coefficient (Wildman–Crippen LogP) is 2.61. The Hall–Kier alpha value is -2.36. The molecule has 1 aromatic carbocycles. The van der Waals surface area contributed by atoms with Crippen molar-refractivity contribution in [1.82, 2.24) is 10.2 Å². The Bertz CT molecular complexity index is 665. The fourth-order valence-electron chi connectivity index (χ4n) is 2.98. The molecular weight excluding hydrogens is 355 g/mol. The maximum absolute atomic E-state index is 12.8. The molecule has 1 unspecified atom stereocenters. The fourth-order valence-corrected chi connectivity index (χ4v) is 2.98. The van der Waals surface area contributed by atoms with Gasteiger partial charge in [-0.1, -0.05) is 0 Å². The first-order chi connectivity index (χ1) is 12.2. The molecule has 2 rings (SSSR count). The molecule has 1 aliphatic rings. The van der Waals surface area contributed by atoms with Crippen LogP contribution in [-0.2, 0) is 0 Å². The summed E-state index contributed by atoms with van der Waals surface area (Å²) in [7, 11) is 1.80. The average molecular weight is 375 g/mol. The van der Waals surface area contributed by atoms with Gasteiger partial charge < -0.3 is 15.0 Å². The van der Waals surface area contributed by atoms with Gasteiger partial charge in [-0.15, -0.1) is 0 Å². The summed E-state index contributed by atoms with van der Waals surface area (Å²) < 4.78 is 41.5. The molecule has 0 bridgehead atoms. The lowest BCUT2D eigenvalue weighted by Gasteiger charge is -2.32. The van der Waals surface area contributed by atoms with Gasteiger partial charge in [-0.3, -0.25) is 14.9 Å². The molecule has 26 heavy (non-hydrogen) atoms. The van der Waals surface area contributed by atoms with Gasteiger partial charge in [-0.25, -0.2) is 0 Å². The lowest BCUT2D eigenvalue weighted by molar-refractivity contribution is -0.385. The van der Waals surface area contributed by atoms with Crippen LogP contribution in [0.4, 0.5) is 18.9 Å². The van der Waals surface area contributed by atoms with Gasteiger partial charge in [-0.05, 0) is 44.5 Å². The quantitative estimate of drug-likeness (QED) is 0.610. The largest absolute Gasteiger partial charge is 0.484 e. The zero-order valence-electron chi connectivity index (χ0n) is 14.2. The number of ether oxygens (including phenoxy) is 1. The fraction of sp³-hybridized carbons (Fsp3) is 0.562. The number of hydrogen-bond acceptors (Lipinski definition) is 5. The molecule has 1 aliphatic heterocycles. The van der Waals surface area contributed by atoms with Gasteiger partial charge in [0, 0.05) is 19.2 Å². The third-order valence-corrected chi connectivity index (χ3v) is 4.10. The number of rotatable bonds is 6. The number of carbonyl (C=O) groups is 1. The van der Waals surface area contributed by atoms with Crippen LogP contribution in [0.15, 0.2) is 18.2 Å². The Morgan fingerprint density at radius 3 is 2.81 bits per heavy atom. The van der Waals surface area contributed by atoms with E-state index in [1.807, 2.05) is 0 Å². The number of piperidine rings is 1. The van der Waals surface area contributed by atoms with Crippen LogP contribution in [0.25, 0.3) is 0 Å². The van der Waals surface area contributed by atoms with Crippen molar-refractivity contribution in [3.63, 3.8) is 0 Å². The Morgan fingerprint density at radius 1 is 1.46 bits per heavy atom. The summed E-state index contributed by atoms with van der Waals surface area (Å²) in [5.74, 6) is -0.587. The minimum absolute atomic E-state index is 0.224. The van der Waals surface area contributed by atoms with Crippen LogP contribution in [-0.4, -0.2) is 55.2 Å². The molecule has 1 saturated heterocycles. The molecular formula is C16H20F3N3O4. The summed E-state index contributed by atoms with van der Waals surface area (Å²) >= 11 is 0. The zero-order valence-corrected chi connectivity index (χ0v) is 14.2. The van der Waals surface area contributed by atoms with E-state index in [9.17, 15) is 28.1 Å². The SMILES string of the molecule is CNCC1CCCN(C(=O)c2cc(OCC(F)(F)F)ccc2[N+](=O)[O-])C1. The Morgan fingerprint density at radius 2 is 2.19 bits per heavy atom. The molecule has 0 aliphatic carbocycles. The number of amides is 1. The van der Waals surface area contributed by atoms with Crippen molar-refractivity contribution in [3.8, 4) is 5.75 Å². The summed E-state index contributed by atoms with van der Waals surface area (Å²) in [5.41, 5.74) is -0.718. The highest BCUT2D eigenvalue weighted by Gasteiger charge is 2.31. The predicted molar refractivity (Wildman–Crippen MR) is 87.2 cm³/mol. The molecule has 0 aromatic heterocycles. The van der Waals surface area contributed by atoms with Crippen LogP contribution in [0.5, 0.6) is 5.75 Å². The first kappa shape index (κ1) is 20.0. The minimum atomic E-state index is -4.54. The highest BCUT2D eigenvalue weighted by molar-refractivity contribution is 5.98. The summed E-state index contributed by atoms with van der Waals surface area (Å²) in [6, 6.07) is 3.06. The molecule has 1 amide bonds. The van der Waals surface area contributed by atoms with Gasteiger partial charge >= 0.3 is 6.18 Å². The average Bonchev–Trinajstić information content (AvgIpc) is 2.59. The number of nitrogens with zero attached hydrogens (tertiary/aromatic N) is 2. The van der Waals surface area contributed by atoms with Crippen LogP contribution >= 0.6 is 0 Å². The van der Waals surface area contributed by atoms with E-state index >= 15 is 0 Å². The van der Waals surface area contributed by atoms with Crippen LogP contribution in [0.1, 0.15) is 23.2 Å². The van der Waals surface area contributed by atoms with Gasteiger partial charge in [0.15, 0.2) is 6.61 Å². The van der Waals surface area contributed by atoms with Crippen molar-refractivity contribution >= 4 is 11.6 Å². The lowest BCUT2D eigenvalue weighted by Crippen LogP contribution is -2.42. The van der Waals surface area contributed by atoms with Crippen molar-refractivity contribution in [3.05, 3.63) is 33.9 Å². The van der Waals surface area contributed by atoms with E-state index in [0.29, 0.717) is 19.6 Å². The molecule has 1 fully saturated rings. The number of hydrogen-bond donors (Lipinski definition) is 1. The number of benzene rings is 1. The second-order valence-electron chi connectivity index (χ2n) is 6.16. The number of halogens is 3. The van der Waals surface area contributed by atoms with Gasteiger partial charge in [0.1, 0.15) is 11.3 Å². The molecule has 7 nitrogen and oxygen atoms in total. The monoisotopic (exact) mass is 375 g/mol. The maximum atomic E-state index is 12.8. The van der Waals surface area contributed by atoms with Gasteiger partial charge in [0.2, 0.25) is 0 Å². The Labute approximate surface area is 148 Å². The van der Waals surface area contributed by atoms with Crippen molar-refractivity contribution in [2.24, 2.45) is 5.92 Å². The van der Waals surface area contributed by atoms with Crippen LogP contribution in [0.3, 0.4) is 0 Å². The lowest BCUT2D eigenvalue weighted by atomic mass is 9.97. The molecule has 1 heterocycles. The number of alkyl halides is 3. The maximum Gasteiger partial charge on any atom is 0.422 e. The van der Waals surface area contributed by atoms with Crippen molar-refractivity contribution in [2.45, 2.75) is 19.0 Å². The van der Waals surface area contributed by atoms with Gasteiger partial charge in [0.25, 0.3) is 11.6 Å². The van der Waals surface area contributed by atoms with E-state index in [1.54, 1.807) is 7.05 Å². The number of likely N-dealkylation sites (tertiary alicyclic amines) is 1. The molecule has 0 spiro atoms. The summed E-state index contributed by atoms with van der Waals surface area (Å²) in [4.78, 5) is 24.7. The van der Waals surface area contributed by atoms with Crippen LogP contribution in [0, 0.1) is 16.0 Å². The molecule has 10 heteroatoms. The first-order valence-corrected chi connectivity index (χ1v) is 8.13. The van der Waals surface area contributed by atoms with E-state index in [2.05, 4.69) is 10.1 Å². The molecule has 0 saturated carbocycles. The Balaban J connectivity index is 2.23. The van der Waals surface area contributed by atoms with Crippen molar-refractivity contribution in [1.29, 1.82) is 0 Å². The number of nitrogens with one attached hydrogen (secondary N) is 1. The Kier molecular flexibility index (Phi) is 6.41. The van der Waals surface area contributed by atoms with Gasteiger partial charge in [0.05, 0.1) is 4.92 Å². The summed E-state index contributed by atoms with van der Waals surface area (Å²) in [6.07, 6.45) is -2.85. The standard InChI is InChI=1S/C16H20F3N3O4/c1-20-8-11-3-2-6-21(9-11)15(23)13-7-12(26-10-16(17,18)19)4-5-14(13)22(24)25/h4-5,7,11,20H,2-3,6,8-10H2,1H3. The minimum Gasteiger partial charge on any atom is -0.484 e. The normalized spacial score (nSPS) is 17.8. The third kappa shape index (κ3) is 5.32. The third-order valence-electron chi connectivity index (χ3n) is 4.10. The topological polar surface area (TPSA) is 84.7 Å². The van der Waals surface area contributed by atoms with E-state index in [4.69, 9.17) is 0 Å². The highest BCUT2D eigenvalue weighted by atomic mass is 19.4. The van der Waals surface area contributed by atoms with Crippen molar-refractivity contribution in [2.75, 3.05) is 33.3 Å². The number of nitro groups is 1. The van der Waals surface area contributed by atoms with E-state index in [0.717, 1.165) is 31.0 Å². The summed E-state index contributed by atoms with van der Waals surface area (Å²) in [6.45, 7) is 0.0569. The van der Waals surface area contributed by atoms with Crippen LogP contribution in [0.2, 0.25) is 0 Å². The second-order valence-corrected chi connectivity index (χ2v) is 6.16. The molecule has 1 atom stereocenters. The highest BCUT2D eigenvalue weighted by Crippen LogP contribution is 2.28. The van der Waals surface area contributed by atoms with Gasteiger partial charge in [-0.2, -0.15) is 13.2 Å². The molecule has 1 aromatic rings. The summed E-state index contributed by atoms with van der Waals surface area (Å²) in [5, 5.41) is 14.2. The zero-order chi connectivity index (χ0) is 19.3. The first-order valence-electron chi connectivity index (χ1n) is 8.13. The van der Waals surface area contributed by atoms with E-state index in [-0.39, 0.29) is 17.2 Å².